The SMILES string of the molecule is Cc1cc(-c2ncc(C)[nH]2)nc(C2CCCN2C(=O)Cc2ccc(F)cc2)n1. The zero-order valence-electron chi connectivity index (χ0n) is 15.9. The lowest BCUT2D eigenvalue weighted by Gasteiger charge is -2.24. The number of aryl methyl sites for hydroxylation is 2. The monoisotopic (exact) mass is 379 g/mol. The quantitative estimate of drug-likeness (QED) is 0.753. The zero-order valence-corrected chi connectivity index (χ0v) is 15.9. The van der Waals surface area contributed by atoms with E-state index in [0.717, 1.165) is 35.5 Å². The van der Waals surface area contributed by atoms with Gasteiger partial charge < -0.3 is 9.88 Å². The number of hydrogen-bond acceptors (Lipinski definition) is 4. The Morgan fingerprint density at radius 2 is 2.04 bits per heavy atom. The molecule has 0 spiro atoms. The molecule has 2 aromatic heterocycles. The van der Waals surface area contributed by atoms with Crippen LogP contribution in [0.1, 0.15) is 41.7 Å². The molecule has 1 aromatic carbocycles. The van der Waals surface area contributed by atoms with Crippen molar-refractivity contribution in [1.82, 2.24) is 24.8 Å². The first-order valence-electron chi connectivity index (χ1n) is 9.41. The molecule has 3 heterocycles. The third kappa shape index (κ3) is 3.78. The van der Waals surface area contributed by atoms with Gasteiger partial charge in [-0.25, -0.2) is 19.3 Å². The molecule has 4 rings (SSSR count). The highest BCUT2D eigenvalue weighted by molar-refractivity contribution is 5.79. The third-order valence-electron chi connectivity index (χ3n) is 4.96. The van der Waals surface area contributed by atoms with Crippen LogP contribution < -0.4 is 0 Å². The summed E-state index contributed by atoms with van der Waals surface area (Å²) >= 11 is 0. The Bertz CT molecular complexity index is 998. The summed E-state index contributed by atoms with van der Waals surface area (Å²) < 4.78 is 13.1. The van der Waals surface area contributed by atoms with Crippen molar-refractivity contribution in [2.75, 3.05) is 6.54 Å². The molecule has 3 aromatic rings. The van der Waals surface area contributed by atoms with Gasteiger partial charge in [-0.05, 0) is 50.5 Å². The number of hydrogen-bond donors (Lipinski definition) is 1. The predicted octanol–water partition coefficient (Wildman–Crippen LogP) is 3.53. The number of benzene rings is 1. The second-order valence-corrected chi connectivity index (χ2v) is 7.22. The first-order chi connectivity index (χ1) is 13.5. The first-order valence-corrected chi connectivity index (χ1v) is 9.41. The number of likely N-dealkylation sites (tertiary alicyclic amines) is 1. The maximum absolute atomic E-state index is 13.1. The lowest BCUT2D eigenvalue weighted by Crippen LogP contribution is -2.32. The number of rotatable bonds is 4. The fourth-order valence-electron chi connectivity index (χ4n) is 3.62. The van der Waals surface area contributed by atoms with Gasteiger partial charge in [0.1, 0.15) is 11.5 Å². The number of imidazole rings is 1. The molecule has 1 amide bonds. The number of H-pyrrole nitrogens is 1. The average Bonchev–Trinajstić information content (AvgIpc) is 3.32. The lowest BCUT2D eigenvalue weighted by atomic mass is 10.1. The maximum Gasteiger partial charge on any atom is 0.227 e. The van der Waals surface area contributed by atoms with E-state index in [4.69, 9.17) is 4.98 Å². The molecule has 1 unspecified atom stereocenters. The summed E-state index contributed by atoms with van der Waals surface area (Å²) in [6, 6.07) is 7.80. The number of aromatic nitrogens is 4. The minimum atomic E-state index is -0.302. The van der Waals surface area contributed by atoms with Gasteiger partial charge in [0.05, 0.1) is 12.5 Å². The molecule has 144 valence electrons. The molecular formula is C21H22FN5O. The van der Waals surface area contributed by atoms with E-state index in [1.165, 1.54) is 12.1 Å². The van der Waals surface area contributed by atoms with Gasteiger partial charge in [0.2, 0.25) is 5.91 Å². The third-order valence-corrected chi connectivity index (χ3v) is 4.96. The van der Waals surface area contributed by atoms with Crippen LogP contribution in [0.3, 0.4) is 0 Å². The van der Waals surface area contributed by atoms with Crippen LogP contribution in [0.5, 0.6) is 0 Å². The number of nitrogens with zero attached hydrogens (tertiary/aromatic N) is 4. The highest BCUT2D eigenvalue weighted by atomic mass is 19.1. The van der Waals surface area contributed by atoms with Gasteiger partial charge in [-0.2, -0.15) is 0 Å². The number of amides is 1. The normalized spacial score (nSPS) is 16.5. The van der Waals surface area contributed by atoms with Gasteiger partial charge in [-0.1, -0.05) is 12.1 Å². The fraction of sp³-hybridized carbons (Fsp3) is 0.333. The molecule has 0 saturated carbocycles. The summed E-state index contributed by atoms with van der Waals surface area (Å²) in [6.45, 7) is 4.54. The van der Waals surface area contributed by atoms with Gasteiger partial charge in [0.15, 0.2) is 11.6 Å². The van der Waals surface area contributed by atoms with Crippen LogP contribution >= 0.6 is 0 Å². The van der Waals surface area contributed by atoms with Crippen molar-refractivity contribution in [2.45, 2.75) is 39.2 Å². The predicted molar refractivity (Wildman–Crippen MR) is 103 cm³/mol. The average molecular weight is 379 g/mol. The Kier molecular flexibility index (Phi) is 4.90. The first kappa shape index (κ1) is 18.3. The number of nitrogens with one attached hydrogen (secondary N) is 1. The summed E-state index contributed by atoms with van der Waals surface area (Å²) in [4.78, 5) is 31.6. The van der Waals surface area contributed by atoms with Crippen LogP contribution in [0.15, 0.2) is 36.5 Å². The molecule has 0 radical (unpaired) electrons. The summed E-state index contributed by atoms with van der Waals surface area (Å²) in [5, 5.41) is 0. The van der Waals surface area contributed by atoms with Crippen LogP contribution in [0, 0.1) is 19.7 Å². The molecule has 1 N–H and O–H groups in total. The zero-order chi connectivity index (χ0) is 19.7. The van der Waals surface area contributed by atoms with Gasteiger partial charge in [0, 0.05) is 24.1 Å². The Morgan fingerprint density at radius 1 is 1.25 bits per heavy atom. The van der Waals surface area contributed by atoms with Gasteiger partial charge in [0.25, 0.3) is 0 Å². The van der Waals surface area contributed by atoms with E-state index in [1.54, 1.807) is 18.3 Å². The van der Waals surface area contributed by atoms with Crippen molar-refractivity contribution in [3.8, 4) is 11.5 Å². The number of aromatic amines is 1. The van der Waals surface area contributed by atoms with E-state index >= 15 is 0 Å². The highest BCUT2D eigenvalue weighted by Gasteiger charge is 2.32. The number of halogens is 1. The molecule has 1 aliphatic heterocycles. The largest absolute Gasteiger partial charge is 0.341 e. The minimum absolute atomic E-state index is 0.00890. The second kappa shape index (κ2) is 7.50. The Hall–Kier alpha value is -3.09. The van der Waals surface area contributed by atoms with Crippen LogP contribution in [-0.4, -0.2) is 37.3 Å². The molecular weight excluding hydrogens is 357 g/mol. The van der Waals surface area contributed by atoms with E-state index in [-0.39, 0.29) is 24.2 Å². The van der Waals surface area contributed by atoms with E-state index < -0.39 is 0 Å². The van der Waals surface area contributed by atoms with Crippen LogP contribution in [0.2, 0.25) is 0 Å². The smallest absolute Gasteiger partial charge is 0.227 e. The van der Waals surface area contributed by atoms with E-state index in [1.807, 2.05) is 24.8 Å². The van der Waals surface area contributed by atoms with E-state index in [9.17, 15) is 9.18 Å². The van der Waals surface area contributed by atoms with Crippen molar-refractivity contribution in [2.24, 2.45) is 0 Å². The summed E-state index contributed by atoms with van der Waals surface area (Å²) in [6.07, 6.45) is 3.74. The van der Waals surface area contributed by atoms with Crippen LogP contribution in [-0.2, 0) is 11.2 Å². The van der Waals surface area contributed by atoms with Crippen molar-refractivity contribution in [3.05, 3.63) is 65.1 Å². The highest BCUT2D eigenvalue weighted by Crippen LogP contribution is 2.31. The van der Waals surface area contributed by atoms with Crippen molar-refractivity contribution >= 4 is 5.91 Å². The standard InChI is InChI=1S/C21H22FN5O/c1-13-10-17(20-23-12-14(2)25-20)26-21(24-13)18-4-3-9-27(18)19(28)11-15-5-7-16(22)8-6-15/h5-8,10,12,18H,3-4,9,11H2,1-2H3,(H,23,25). The van der Waals surface area contributed by atoms with Crippen LogP contribution in [0.25, 0.3) is 11.5 Å². The summed E-state index contributed by atoms with van der Waals surface area (Å²) in [7, 11) is 0. The van der Waals surface area contributed by atoms with Gasteiger partial charge in [-0.3, -0.25) is 4.79 Å². The van der Waals surface area contributed by atoms with E-state index in [0.29, 0.717) is 18.2 Å². The Morgan fingerprint density at radius 3 is 2.75 bits per heavy atom. The molecule has 6 nitrogen and oxygen atoms in total. The van der Waals surface area contributed by atoms with Crippen LogP contribution in [0.4, 0.5) is 4.39 Å². The van der Waals surface area contributed by atoms with E-state index in [2.05, 4.69) is 15.0 Å². The summed E-state index contributed by atoms with van der Waals surface area (Å²) in [5.74, 6) is 1.05. The maximum atomic E-state index is 13.1. The molecule has 1 atom stereocenters. The molecule has 28 heavy (non-hydrogen) atoms. The molecule has 0 bridgehead atoms. The summed E-state index contributed by atoms with van der Waals surface area (Å²) in [5.41, 5.74) is 3.33. The van der Waals surface area contributed by atoms with Crippen molar-refractivity contribution < 1.29 is 9.18 Å². The fourth-order valence-corrected chi connectivity index (χ4v) is 3.62. The lowest BCUT2D eigenvalue weighted by molar-refractivity contribution is -0.131. The molecule has 7 heteroatoms. The molecule has 0 aliphatic carbocycles. The number of carbonyl (C=O) groups is 1. The second-order valence-electron chi connectivity index (χ2n) is 7.22. The Balaban J connectivity index is 1.58. The topological polar surface area (TPSA) is 74.8 Å². The molecule has 1 aliphatic rings. The van der Waals surface area contributed by atoms with Crippen molar-refractivity contribution in [1.29, 1.82) is 0 Å². The molecule has 1 saturated heterocycles. The molecule has 1 fully saturated rings. The number of carbonyl (C=O) groups excluding carboxylic acids is 1. The van der Waals surface area contributed by atoms with Gasteiger partial charge >= 0.3 is 0 Å². The van der Waals surface area contributed by atoms with Crippen molar-refractivity contribution in [3.63, 3.8) is 0 Å². The minimum Gasteiger partial charge on any atom is -0.341 e. The van der Waals surface area contributed by atoms with Gasteiger partial charge in [-0.15, -0.1) is 0 Å². The Labute approximate surface area is 162 Å².